The Hall–Kier alpha value is -3.23. The quantitative estimate of drug-likeness (QED) is 0.592. The van der Waals surface area contributed by atoms with Crippen molar-refractivity contribution in [1.29, 1.82) is 0 Å². The Labute approximate surface area is 162 Å². The summed E-state index contributed by atoms with van der Waals surface area (Å²) in [5, 5.41) is 3.89. The van der Waals surface area contributed by atoms with Crippen LogP contribution in [0.25, 0.3) is 11.5 Å². The zero-order valence-corrected chi connectivity index (χ0v) is 15.2. The van der Waals surface area contributed by atoms with Gasteiger partial charge >= 0.3 is 6.18 Å². The molecule has 29 heavy (non-hydrogen) atoms. The van der Waals surface area contributed by atoms with Crippen LogP contribution in [0.1, 0.15) is 29.3 Å². The van der Waals surface area contributed by atoms with Gasteiger partial charge in [0.25, 0.3) is 5.89 Å². The first kappa shape index (κ1) is 19.1. The predicted octanol–water partition coefficient (Wildman–Crippen LogP) is 4.72. The van der Waals surface area contributed by atoms with Crippen molar-refractivity contribution in [2.75, 3.05) is 11.4 Å². The van der Waals surface area contributed by atoms with Crippen LogP contribution in [0.4, 0.5) is 23.2 Å². The highest BCUT2D eigenvalue weighted by atomic mass is 19.4. The third kappa shape index (κ3) is 3.59. The Morgan fingerprint density at radius 1 is 1.14 bits per heavy atom. The fraction of sp³-hybridized carbons (Fsp3) is 0.250. The number of hydrogen-bond donors (Lipinski definition) is 0. The molecule has 1 aromatic heterocycles. The van der Waals surface area contributed by atoms with Crippen LogP contribution in [-0.4, -0.2) is 22.6 Å². The van der Waals surface area contributed by atoms with Gasteiger partial charge in [0.1, 0.15) is 5.82 Å². The fourth-order valence-corrected chi connectivity index (χ4v) is 3.32. The summed E-state index contributed by atoms with van der Waals surface area (Å²) in [6.07, 6.45) is -4.30. The largest absolute Gasteiger partial charge is 0.416 e. The Morgan fingerprint density at radius 3 is 2.55 bits per heavy atom. The molecule has 4 rings (SSSR count). The molecule has 1 aliphatic heterocycles. The zero-order chi connectivity index (χ0) is 20.8. The summed E-state index contributed by atoms with van der Waals surface area (Å²) in [7, 11) is 0. The van der Waals surface area contributed by atoms with E-state index < -0.39 is 17.6 Å². The molecule has 1 unspecified atom stereocenters. The monoisotopic (exact) mass is 405 g/mol. The molecular weight excluding hydrogens is 390 g/mol. The molecular formula is C20H15F4N3O2. The van der Waals surface area contributed by atoms with Gasteiger partial charge in [-0.15, -0.1) is 0 Å². The number of carbonyl (C=O) groups is 1. The first-order valence-electron chi connectivity index (χ1n) is 8.81. The zero-order valence-electron chi connectivity index (χ0n) is 15.2. The van der Waals surface area contributed by atoms with Crippen molar-refractivity contribution >= 4 is 11.6 Å². The summed E-state index contributed by atoms with van der Waals surface area (Å²) in [5.41, 5.74) is 0.436. The standard InChI is InChI=1S/C20H15F4N3O2/c1-11-15(21)3-2-4-16(11)27-10-13(9-17(27)28)18-25-19(29-26-18)12-5-7-14(8-6-12)20(22,23)24/h2-8,13H,9-10H2,1H3. The fourth-order valence-electron chi connectivity index (χ4n) is 3.32. The molecule has 1 atom stereocenters. The number of amides is 1. The van der Waals surface area contributed by atoms with Crippen molar-refractivity contribution in [3.05, 3.63) is 65.2 Å². The minimum atomic E-state index is -4.43. The maximum Gasteiger partial charge on any atom is 0.416 e. The molecule has 0 N–H and O–H groups in total. The lowest BCUT2D eigenvalue weighted by Gasteiger charge is -2.18. The molecule has 1 fully saturated rings. The van der Waals surface area contributed by atoms with Gasteiger partial charge in [0.15, 0.2) is 5.82 Å². The average molecular weight is 405 g/mol. The number of halogens is 4. The Bertz CT molecular complexity index is 1060. The van der Waals surface area contributed by atoms with Crippen LogP contribution < -0.4 is 4.90 Å². The number of hydrogen-bond acceptors (Lipinski definition) is 4. The number of anilines is 1. The van der Waals surface area contributed by atoms with Crippen molar-refractivity contribution in [3.63, 3.8) is 0 Å². The van der Waals surface area contributed by atoms with Crippen molar-refractivity contribution < 1.29 is 26.9 Å². The lowest BCUT2D eigenvalue weighted by atomic mass is 10.1. The number of rotatable bonds is 3. The van der Waals surface area contributed by atoms with Crippen molar-refractivity contribution in [1.82, 2.24) is 10.1 Å². The molecule has 2 heterocycles. The molecule has 0 bridgehead atoms. The van der Waals surface area contributed by atoms with Crippen LogP contribution in [-0.2, 0) is 11.0 Å². The lowest BCUT2D eigenvalue weighted by Crippen LogP contribution is -2.25. The number of alkyl halides is 3. The Kier molecular flexibility index (Phi) is 4.60. The first-order valence-corrected chi connectivity index (χ1v) is 8.81. The van der Waals surface area contributed by atoms with E-state index in [1.54, 1.807) is 13.0 Å². The van der Waals surface area contributed by atoms with Gasteiger partial charge in [0.05, 0.1) is 5.56 Å². The van der Waals surface area contributed by atoms with E-state index in [1.165, 1.54) is 29.2 Å². The van der Waals surface area contributed by atoms with Gasteiger partial charge in [-0.3, -0.25) is 4.79 Å². The van der Waals surface area contributed by atoms with Gasteiger partial charge in [0, 0.05) is 35.7 Å². The van der Waals surface area contributed by atoms with Gasteiger partial charge in [-0.2, -0.15) is 18.2 Å². The van der Waals surface area contributed by atoms with E-state index in [-0.39, 0.29) is 36.5 Å². The van der Waals surface area contributed by atoms with E-state index in [0.29, 0.717) is 16.8 Å². The second-order valence-corrected chi connectivity index (χ2v) is 6.82. The van der Waals surface area contributed by atoms with Crippen LogP contribution in [0.15, 0.2) is 47.0 Å². The third-order valence-corrected chi connectivity index (χ3v) is 4.92. The van der Waals surface area contributed by atoms with Gasteiger partial charge < -0.3 is 9.42 Å². The van der Waals surface area contributed by atoms with Crippen molar-refractivity contribution in [2.24, 2.45) is 0 Å². The molecule has 0 aliphatic carbocycles. The van der Waals surface area contributed by atoms with Gasteiger partial charge in [-0.25, -0.2) is 4.39 Å². The molecule has 0 radical (unpaired) electrons. The number of aromatic nitrogens is 2. The van der Waals surface area contributed by atoms with Gasteiger partial charge in [0.2, 0.25) is 5.91 Å². The molecule has 3 aromatic rings. The summed E-state index contributed by atoms with van der Waals surface area (Å²) in [5.74, 6) is -0.601. The summed E-state index contributed by atoms with van der Waals surface area (Å²) in [6.45, 7) is 1.86. The Balaban J connectivity index is 1.54. The van der Waals surface area contributed by atoms with E-state index >= 15 is 0 Å². The normalized spacial score (nSPS) is 17.2. The van der Waals surface area contributed by atoms with E-state index in [1.807, 2.05) is 0 Å². The van der Waals surface area contributed by atoms with Crippen LogP contribution >= 0.6 is 0 Å². The smallest absolute Gasteiger partial charge is 0.334 e. The minimum Gasteiger partial charge on any atom is -0.334 e. The molecule has 1 amide bonds. The highest BCUT2D eigenvalue weighted by molar-refractivity contribution is 5.97. The van der Waals surface area contributed by atoms with Gasteiger partial charge in [-0.05, 0) is 43.3 Å². The Morgan fingerprint density at radius 2 is 1.86 bits per heavy atom. The maximum atomic E-state index is 13.8. The van der Waals surface area contributed by atoms with E-state index in [2.05, 4.69) is 10.1 Å². The SMILES string of the molecule is Cc1c(F)cccc1N1CC(c2noc(-c3ccc(C(F)(F)F)cc3)n2)CC1=O. The highest BCUT2D eigenvalue weighted by Gasteiger charge is 2.35. The van der Waals surface area contributed by atoms with E-state index in [4.69, 9.17) is 4.52 Å². The van der Waals surface area contributed by atoms with Crippen LogP contribution in [0.2, 0.25) is 0 Å². The summed E-state index contributed by atoms with van der Waals surface area (Å²) in [4.78, 5) is 18.2. The molecule has 1 saturated heterocycles. The second kappa shape index (κ2) is 6.98. The predicted molar refractivity (Wildman–Crippen MR) is 95.6 cm³/mol. The summed E-state index contributed by atoms with van der Waals surface area (Å²) in [6, 6.07) is 8.91. The molecule has 0 spiro atoms. The van der Waals surface area contributed by atoms with E-state index in [9.17, 15) is 22.4 Å². The molecule has 0 saturated carbocycles. The lowest BCUT2D eigenvalue weighted by molar-refractivity contribution is -0.137. The minimum absolute atomic E-state index is 0.0709. The van der Waals surface area contributed by atoms with Crippen molar-refractivity contribution in [2.45, 2.75) is 25.4 Å². The second-order valence-electron chi connectivity index (χ2n) is 6.82. The van der Waals surface area contributed by atoms with Crippen LogP contribution in [0.3, 0.4) is 0 Å². The first-order chi connectivity index (χ1) is 13.7. The molecule has 5 nitrogen and oxygen atoms in total. The molecule has 1 aliphatic rings. The average Bonchev–Trinajstić information content (AvgIpc) is 3.30. The van der Waals surface area contributed by atoms with E-state index in [0.717, 1.165) is 12.1 Å². The van der Waals surface area contributed by atoms with Gasteiger partial charge in [-0.1, -0.05) is 11.2 Å². The molecule has 150 valence electrons. The summed E-state index contributed by atoms with van der Waals surface area (Å²) < 4.78 is 57.1. The maximum absolute atomic E-state index is 13.8. The highest BCUT2D eigenvalue weighted by Crippen LogP contribution is 2.34. The number of benzene rings is 2. The third-order valence-electron chi connectivity index (χ3n) is 4.92. The number of carbonyl (C=O) groups excluding carboxylic acids is 1. The summed E-state index contributed by atoms with van der Waals surface area (Å²) >= 11 is 0. The molecule has 9 heteroatoms. The van der Waals surface area contributed by atoms with Crippen LogP contribution in [0.5, 0.6) is 0 Å². The molecule has 2 aromatic carbocycles. The topological polar surface area (TPSA) is 59.2 Å². The van der Waals surface area contributed by atoms with Crippen molar-refractivity contribution in [3.8, 4) is 11.5 Å². The number of nitrogens with zero attached hydrogens (tertiary/aromatic N) is 3. The van der Waals surface area contributed by atoms with Crippen LogP contribution in [0, 0.1) is 12.7 Å².